The quantitative estimate of drug-likeness (QED) is 0.117. The van der Waals surface area contributed by atoms with Crippen LogP contribution >= 0.6 is 0 Å². The first-order chi connectivity index (χ1) is 22.9. The third kappa shape index (κ3) is 6.85. The normalized spacial score (nSPS) is 16.2. The summed E-state index contributed by atoms with van der Waals surface area (Å²) in [6, 6.07) is 25.1. The molecule has 244 valence electrons. The monoisotopic (exact) mass is 632 g/mol. The number of benzene rings is 3. The fourth-order valence-electron chi connectivity index (χ4n) is 7.03. The van der Waals surface area contributed by atoms with E-state index in [1.807, 2.05) is 24.3 Å². The van der Waals surface area contributed by atoms with Crippen molar-refractivity contribution in [3.8, 4) is 5.75 Å². The molecular formula is C40H44N2O5. The van der Waals surface area contributed by atoms with Crippen molar-refractivity contribution < 1.29 is 19.1 Å². The van der Waals surface area contributed by atoms with Crippen molar-refractivity contribution in [1.29, 1.82) is 0 Å². The Hall–Kier alpha value is -4.78. The number of rotatable bonds is 13. The van der Waals surface area contributed by atoms with E-state index in [0.717, 1.165) is 85.7 Å². The van der Waals surface area contributed by atoms with E-state index >= 15 is 0 Å². The van der Waals surface area contributed by atoms with Crippen molar-refractivity contribution >= 4 is 34.4 Å². The molecule has 1 atom stereocenters. The molecule has 0 bridgehead atoms. The standard InChI is InChI=1S/C40H44N2O5/c1-4-41(5-2)31-19-21-33-36(26-31)46-39-29(17-20-34(39)38(33)27-13-9-7-10-14-27)24-30-23-28-16-18-32(25-35(28)47-40(30)45)42(6-3)22-12-8-11-15-37(43)44/h7,9-10,13-14,16,18-19,21,23-26,38H,4-6,8,11-12,15,17,20,22H2,1-3H3,(H,43,44). The molecule has 1 aliphatic carbocycles. The zero-order chi connectivity index (χ0) is 32.9. The minimum absolute atomic E-state index is 0.0942. The molecule has 6 rings (SSSR count). The number of anilines is 2. The van der Waals surface area contributed by atoms with Gasteiger partial charge in [0.2, 0.25) is 0 Å². The summed E-state index contributed by atoms with van der Waals surface area (Å²) in [4.78, 5) is 28.7. The zero-order valence-corrected chi connectivity index (χ0v) is 27.6. The Morgan fingerprint density at radius 3 is 2.36 bits per heavy atom. The summed E-state index contributed by atoms with van der Waals surface area (Å²) in [7, 11) is 0. The van der Waals surface area contributed by atoms with Crippen LogP contribution in [0.2, 0.25) is 0 Å². The maximum atomic E-state index is 13.4. The van der Waals surface area contributed by atoms with Gasteiger partial charge in [0.05, 0.1) is 5.56 Å². The van der Waals surface area contributed by atoms with Crippen LogP contribution < -0.4 is 20.2 Å². The highest BCUT2D eigenvalue weighted by Crippen LogP contribution is 2.51. The number of ether oxygens (including phenoxy) is 1. The molecule has 1 unspecified atom stereocenters. The smallest absolute Gasteiger partial charge is 0.343 e. The topological polar surface area (TPSA) is 83.2 Å². The van der Waals surface area contributed by atoms with Crippen LogP contribution in [0.5, 0.6) is 5.75 Å². The van der Waals surface area contributed by atoms with E-state index in [1.165, 1.54) is 16.7 Å². The molecular weight excluding hydrogens is 588 g/mol. The maximum absolute atomic E-state index is 13.4. The first-order valence-electron chi connectivity index (χ1n) is 17.0. The molecule has 3 aromatic carbocycles. The molecule has 0 amide bonds. The lowest BCUT2D eigenvalue weighted by Gasteiger charge is -2.30. The number of hydrogen-bond donors (Lipinski definition) is 1. The molecule has 0 saturated carbocycles. The van der Waals surface area contributed by atoms with Crippen LogP contribution in [0, 0.1) is 0 Å². The molecule has 0 fully saturated rings. The zero-order valence-electron chi connectivity index (χ0n) is 27.6. The lowest BCUT2D eigenvalue weighted by atomic mass is 9.82. The highest BCUT2D eigenvalue weighted by Gasteiger charge is 2.36. The number of carboxylic acids is 1. The summed E-state index contributed by atoms with van der Waals surface area (Å²) in [6.45, 7) is 9.88. The van der Waals surface area contributed by atoms with Gasteiger partial charge >= 0.3 is 11.6 Å². The summed E-state index contributed by atoms with van der Waals surface area (Å²) >= 11 is 0. The van der Waals surface area contributed by atoms with Gasteiger partial charge in [-0.1, -0.05) is 42.8 Å². The van der Waals surface area contributed by atoms with Crippen LogP contribution in [0.15, 0.2) is 98.9 Å². The second-order valence-corrected chi connectivity index (χ2v) is 12.4. The molecule has 0 spiro atoms. The van der Waals surface area contributed by atoms with Crippen LogP contribution in [0.25, 0.3) is 17.0 Å². The summed E-state index contributed by atoms with van der Waals surface area (Å²) in [6.07, 6.45) is 6.26. The molecule has 1 aromatic heterocycles. The Morgan fingerprint density at radius 2 is 1.62 bits per heavy atom. The fraction of sp³-hybridized carbons (Fsp3) is 0.350. The highest BCUT2D eigenvalue weighted by molar-refractivity contribution is 5.83. The molecule has 47 heavy (non-hydrogen) atoms. The van der Waals surface area contributed by atoms with Gasteiger partial charge in [0.1, 0.15) is 17.1 Å². The Morgan fingerprint density at radius 1 is 0.872 bits per heavy atom. The molecule has 1 N–H and O–H groups in total. The Balaban J connectivity index is 1.30. The first-order valence-corrected chi connectivity index (χ1v) is 17.0. The van der Waals surface area contributed by atoms with E-state index in [-0.39, 0.29) is 18.0 Å². The van der Waals surface area contributed by atoms with Gasteiger partial charge < -0.3 is 24.1 Å². The minimum atomic E-state index is -0.750. The van der Waals surface area contributed by atoms with E-state index in [2.05, 4.69) is 85.2 Å². The number of aliphatic carboxylic acids is 1. The van der Waals surface area contributed by atoms with Crippen LogP contribution in [-0.2, 0) is 4.79 Å². The lowest BCUT2D eigenvalue weighted by molar-refractivity contribution is -0.137. The average molecular weight is 633 g/mol. The number of nitrogens with zero attached hydrogens (tertiary/aromatic N) is 2. The van der Waals surface area contributed by atoms with Gasteiger partial charge in [-0.2, -0.15) is 0 Å². The van der Waals surface area contributed by atoms with Gasteiger partial charge in [0.15, 0.2) is 0 Å². The Labute approximate surface area is 276 Å². The molecule has 1 aliphatic heterocycles. The number of carbonyl (C=O) groups is 1. The van der Waals surface area contributed by atoms with Crippen LogP contribution in [-0.4, -0.2) is 37.3 Å². The SMILES string of the molecule is CCN(CC)c1ccc2c(c1)OC1=C(CCC1=Cc1cc3ccc(N(CC)CCCCCC(=O)O)cc3oc1=O)C2c1ccccc1. The summed E-state index contributed by atoms with van der Waals surface area (Å²) in [5.74, 6) is 1.09. The average Bonchev–Trinajstić information content (AvgIpc) is 3.47. The van der Waals surface area contributed by atoms with Gasteiger partial charge in [-0.05, 0) is 93.5 Å². The van der Waals surface area contributed by atoms with Crippen LogP contribution in [0.3, 0.4) is 0 Å². The third-order valence-corrected chi connectivity index (χ3v) is 9.52. The largest absolute Gasteiger partial charge is 0.481 e. The molecule has 7 nitrogen and oxygen atoms in total. The van der Waals surface area contributed by atoms with Crippen molar-refractivity contribution in [2.24, 2.45) is 0 Å². The number of unbranched alkanes of at least 4 members (excludes halogenated alkanes) is 2. The van der Waals surface area contributed by atoms with Gasteiger partial charge in [0, 0.05) is 73.0 Å². The van der Waals surface area contributed by atoms with Gasteiger partial charge in [-0.15, -0.1) is 0 Å². The number of allylic oxidation sites excluding steroid dienone is 2. The first kappa shape index (κ1) is 32.2. The summed E-state index contributed by atoms with van der Waals surface area (Å²) in [5.41, 5.74) is 7.52. The molecule has 7 heteroatoms. The molecule has 2 aliphatic rings. The van der Waals surface area contributed by atoms with Gasteiger partial charge in [-0.3, -0.25) is 4.79 Å². The van der Waals surface area contributed by atoms with Crippen molar-refractivity contribution in [2.45, 2.75) is 65.2 Å². The maximum Gasteiger partial charge on any atom is 0.343 e. The third-order valence-electron chi connectivity index (χ3n) is 9.52. The predicted molar refractivity (Wildman–Crippen MR) is 190 cm³/mol. The van der Waals surface area contributed by atoms with Gasteiger partial charge in [0.25, 0.3) is 0 Å². The Bertz CT molecular complexity index is 1870. The van der Waals surface area contributed by atoms with E-state index in [1.54, 1.807) is 0 Å². The number of fused-ring (bicyclic) bond motifs is 2. The minimum Gasteiger partial charge on any atom is -0.481 e. The second kappa shape index (κ2) is 14.3. The van der Waals surface area contributed by atoms with Crippen molar-refractivity contribution in [3.63, 3.8) is 0 Å². The lowest BCUT2D eigenvalue weighted by Crippen LogP contribution is -2.23. The molecule has 2 heterocycles. The van der Waals surface area contributed by atoms with E-state index in [4.69, 9.17) is 14.3 Å². The van der Waals surface area contributed by atoms with Crippen LogP contribution in [0.1, 0.15) is 81.9 Å². The van der Waals surface area contributed by atoms with E-state index < -0.39 is 5.97 Å². The second-order valence-electron chi connectivity index (χ2n) is 12.4. The number of carboxylic acid groups (broad SMARTS) is 1. The molecule has 0 radical (unpaired) electrons. The summed E-state index contributed by atoms with van der Waals surface area (Å²) in [5, 5.41) is 9.76. The summed E-state index contributed by atoms with van der Waals surface area (Å²) < 4.78 is 12.6. The van der Waals surface area contributed by atoms with E-state index in [0.29, 0.717) is 17.6 Å². The fourth-order valence-corrected chi connectivity index (χ4v) is 7.03. The van der Waals surface area contributed by atoms with Crippen molar-refractivity contribution in [2.75, 3.05) is 36.0 Å². The van der Waals surface area contributed by atoms with E-state index in [9.17, 15) is 9.59 Å². The molecule has 4 aromatic rings. The van der Waals surface area contributed by atoms with Crippen molar-refractivity contribution in [3.05, 3.63) is 117 Å². The highest BCUT2D eigenvalue weighted by atomic mass is 16.5. The van der Waals surface area contributed by atoms with Gasteiger partial charge in [-0.25, -0.2) is 4.79 Å². The predicted octanol–water partition coefficient (Wildman–Crippen LogP) is 8.77. The Kier molecular flexibility index (Phi) is 9.81. The van der Waals surface area contributed by atoms with Crippen LogP contribution in [0.4, 0.5) is 11.4 Å². The molecule has 0 saturated heterocycles. The van der Waals surface area contributed by atoms with Crippen molar-refractivity contribution in [1.82, 2.24) is 0 Å². The number of hydrogen-bond acceptors (Lipinski definition) is 6.